The number of urea groups is 1. The molecule has 0 aromatic carbocycles. The van der Waals surface area contributed by atoms with E-state index >= 15 is 0 Å². The molecule has 108 valence electrons. The summed E-state index contributed by atoms with van der Waals surface area (Å²) in [5, 5.41) is 6.30. The summed E-state index contributed by atoms with van der Waals surface area (Å²) >= 11 is 0. The maximum atomic E-state index is 12.0. The van der Waals surface area contributed by atoms with Gasteiger partial charge < -0.3 is 20.3 Å². The Morgan fingerprint density at radius 3 is 2.37 bits per heavy atom. The Morgan fingerprint density at radius 1 is 1.16 bits per heavy atom. The minimum absolute atomic E-state index is 0.0114. The Balaban J connectivity index is 1.72. The van der Waals surface area contributed by atoms with Gasteiger partial charge in [-0.2, -0.15) is 0 Å². The van der Waals surface area contributed by atoms with Crippen LogP contribution >= 0.6 is 0 Å². The summed E-state index contributed by atoms with van der Waals surface area (Å²) < 4.78 is 4.76. The molecule has 1 heterocycles. The van der Waals surface area contributed by atoms with Gasteiger partial charge in [0.2, 0.25) is 0 Å². The lowest BCUT2D eigenvalue weighted by atomic mass is 9.86. The molecule has 0 spiro atoms. The van der Waals surface area contributed by atoms with Gasteiger partial charge in [-0.15, -0.1) is 0 Å². The van der Waals surface area contributed by atoms with Crippen LogP contribution in [0.1, 0.15) is 25.7 Å². The summed E-state index contributed by atoms with van der Waals surface area (Å²) in [4.78, 5) is 25.3. The third-order valence-corrected chi connectivity index (χ3v) is 3.99. The van der Waals surface area contributed by atoms with Crippen LogP contribution in [0, 0.1) is 5.92 Å². The smallest absolute Gasteiger partial charge is 0.317 e. The molecule has 0 bridgehead atoms. The molecule has 2 N–H and O–H groups in total. The molecule has 0 radical (unpaired) electrons. The van der Waals surface area contributed by atoms with E-state index in [0.717, 1.165) is 51.9 Å². The van der Waals surface area contributed by atoms with E-state index in [-0.39, 0.29) is 24.0 Å². The fourth-order valence-corrected chi connectivity index (χ4v) is 2.77. The SMILES string of the molecule is COC(=O)C1CCC(NC(=O)N2CCNCC2)CC1. The van der Waals surface area contributed by atoms with E-state index in [9.17, 15) is 9.59 Å². The summed E-state index contributed by atoms with van der Waals surface area (Å²) in [7, 11) is 1.43. The molecule has 1 saturated heterocycles. The van der Waals surface area contributed by atoms with E-state index in [2.05, 4.69) is 10.6 Å². The lowest BCUT2D eigenvalue weighted by Gasteiger charge is -2.32. The lowest BCUT2D eigenvalue weighted by Crippen LogP contribution is -2.52. The van der Waals surface area contributed by atoms with Crippen LogP contribution in [0.3, 0.4) is 0 Å². The van der Waals surface area contributed by atoms with Crippen molar-refractivity contribution in [3.8, 4) is 0 Å². The predicted molar refractivity (Wildman–Crippen MR) is 70.7 cm³/mol. The molecule has 0 atom stereocenters. The monoisotopic (exact) mass is 269 g/mol. The van der Waals surface area contributed by atoms with E-state index in [1.54, 1.807) is 0 Å². The van der Waals surface area contributed by atoms with Gasteiger partial charge in [0, 0.05) is 32.2 Å². The van der Waals surface area contributed by atoms with Crippen LogP contribution in [0.4, 0.5) is 4.79 Å². The normalized spacial score (nSPS) is 27.7. The third kappa shape index (κ3) is 3.83. The number of methoxy groups -OCH3 is 1. The zero-order valence-corrected chi connectivity index (χ0v) is 11.5. The highest BCUT2D eigenvalue weighted by molar-refractivity contribution is 5.75. The molecule has 0 aromatic rings. The quantitative estimate of drug-likeness (QED) is 0.709. The number of ether oxygens (including phenoxy) is 1. The number of esters is 1. The number of carbonyl (C=O) groups excluding carboxylic acids is 2. The summed E-state index contributed by atoms with van der Waals surface area (Å²) in [6.45, 7) is 3.26. The Morgan fingerprint density at radius 2 is 1.79 bits per heavy atom. The molecule has 2 rings (SSSR count). The zero-order chi connectivity index (χ0) is 13.7. The summed E-state index contributed by atoms with van der Waals surface area (Å²) in [6, 6.07) is 0.228. The fraction of sp³-hybridized carbons (Fsp3) is 0.846. The maximum absolute atomic E-state index is 12.0. The Kier molecular flexibility index (Phi) is 5.01. The van der Waals surface area contributed by atoms with E-state index in [1.807, 2.05) is 4.90 Å². The van der Waals surface area contributed by atoms with Gasteiger partial charge in [0.25, 0.3) is 0 Å². The molecule has 1 saturated carbocycles. The Bertz CT molecular complexity index is 321. The van der Waals surface area contributed by atoms with Crippen LogP contribution in [-0.4, -0.2) is 56.2 Å². The highest BCUT2D eigenvalue weighted by Gasteiger charge is 2.28. The van der Waals surface area contributed by atoms with Gasteiger partial charge in [-0.05, 0) is 25.7 Å². The molecule has 19 heavy (non-hydrogen) atoms. The number of hydrogen-bond acceptors (Lipinski definition) is 4. The predicted octanol–water partition coefficient (Wildman–Crippen LogP) is 0.333. The highest BCUT2D eigenvalue weighted by atomic mass is 16.5. The first-order valence-corrected chi connectivity index (χ1v) is 7.04. The molecular weight excluding hydrogens is 246 g/mol. The molecule has 2 aliphatic rings. The van der Waals surface area contributed by atoms with E-state index in [4.69, 9.17) is 4.74 Å². The fourth-order valence-electron chi connectivity index (χ4n) is 2.77. The second-order valence-electron chi connectivity index (χ2n) is 5.26. The molecule has 6 heteroatoms. The van der Waals surface area contributed by atoms with Crippen LogP contribution < -0.4 is 10.6 Å². The Labute approximate surface area is 113 Å². The van der Waals surface area contributed by atoms with E-state index in [1.165, 1.54) is 7.11 Å². The van der Waals surface area contributed by atoms with Crippen molar-refractivity contribution in [2.45, 2.75) is 31.7 Å². The number of amides is 2. The maximum Gasteiger partial charge on any atom is 0.317 e. The standard InChI is InChI=1S/C13H23N3O3/c1-19-12(17)10-2-4-11(5-3-10)15-13(18)16-8-6-14-7-9-16/h10-11,14H,2-9H2,1H3,(H,15,18). The first-order chi connectivity index (χ1) is 9.20. The number of piperazine rings is 1. The van der Waals surface area contributed by atoms with Gasteiger partial charge in [-0.1, -0.05) is 0 Å². The number of carbonyl (C=O) groups is 2. The summed E-state index contributed by atoms with van der Waals surface area (Å²) in [5.41, 5.74) is 0. The average molecular weight is 269 g/mol. The van der Waals surface area contributed by atoms with Gasteiger partial charge in [0.05, 0.1) is 13.0 Å². The highest BCUT2D eigenvalue weighted by Crippen LogP contribution is 2.25. The Hall–Kier alpha value is -1.30. The molecule has 2 fully saturated rings. The van der Waals surface area contributed by atoms with Crippen LogP contribution in [0.5, 0.6) is 0 Å². The molecule has 6 nitrogen and oxygen atoms in total. The first kappa shape index (κ1) is 14.1. The van der Waals surface area contributed by atoms with Gasteiger partial charge in [-0.3, -0.25) is 4.79 Å². The van der Waals surface area contributed by atoms with Crippen molar-refractivity contribution in [2.24, 2.45) is 5.92 Å². The van der Waals surface area contributed by atoms with Crippen molar-refractivity contribution in [3.05, 3.63) is 0 Å². The zero-order valence-electron chi connectivity index (χ0n) is 11.5. The number of nitrogens with zero attached hydrogens (tertiary/aromatic N) is 1. The van der Waals surface area contributed by atoms with E-state index in [0.29, 0.717) is 0 Å². The molecular formula is C13H23N3O3. The first-order valence-electron chi connectivity index (χ1n) is 7.04. The van der Waals surface area contributed by atoms with Crippen LogP contribution in [0.15, 0.2) is 0 Å². The minimum atomic E-state index is -0.119. The summed E-state index contributed by atoms with van der Waals surface area (Å²) in [6.07, 6.45) is 3.33. The molecule has 1 aliphatic carbocycles. The van der Waals surface area contributed by atoms with Crippen molar-refractivity contribution >= 4 is 12.0 Å². The minimum Gasteiger partial charge on any atom is -0.469 e. The van der Waals surface area contributed by atoms with Crippen LogP contribution in [0.25, 0.3) is 0 Å². The van der Waals surface area contributed by atoms with Crippen molar-refractivity contribution in [2.75, 3.05) is 33.3 Å². The summed E-state index contributed by atoms with van der Waals surface area (Å²) in [5.74, 6) is -0.107. The van der Waals surface area contributed by atoms with Crippen LogP contribution in [-0.2, 0) is 9.53 Å². The molecule has 0 unspecified atom stereocenters. The average Bonchev–Trinajstić information content (AvgIpc) is 2.48. The third-order valence-electron chi connectivity index (χ3n) is 3.99. The molecule has 2 amide bonds. The van der Waals surface area contributed by atoms with Gasteiger partial charge >= 0.3 is 12.0 Å². The van der Waals surface area contributed by atoms with Gasteiger partial charge in [0.15, 0.2) is 0 Å². The number of hydrogen-bond donors (Lipinski definition) is 2. The second kappa shape index (κ2) is 6.75. The molecule has 0 aromatic heterocycles. The van der Waals surface area contributed by atoms with Crippen LogP contribution in [0.2, 0.25) is 0 Å². The van der Waals surface area contributed by atoms with E-state index < -0.39 is 0 Å². The van der Waals surface area contributed by atoms with Gasteiger partial charge in [0.1, 0.15) is 0 Å². The van der Waals surface area contributed by atoms with Crippen molar-refractivity contribution in [1.82, 2.24) is 15.5 Å². The number of nitrogens with one attached hydrogen (secondary N) is 2. The second-order valence-corrected chi connectivity index (χ2v) is 5.26. The lowest BCUT2D eigenvalue weighted by molar-refractivity contribution is -0.146. The van der Waals surface area contributed by atoms with Crippen molar-refractivity contribution in [3.63, 3.8) is 0 Å². The largest absolute Gasteiger partial charge is 0.469 e. The molecule has 1 aliphatic heterocycles. The van der Waals surface area contributed by atoms with Gasteiger partial charge in [-0.25, -0.2) is 4.79 Å². The number of rotatable bonds is 2. The topological polar surface area (TPSA) is 70.7 Å². The van der Waals surface area contributed by atoms with Crippen molar-refractivity contribution < 1.29 is 14.3 Å². The van der Waals surface area contributed by atoms with Crippen molar-refractivity contribution in [1.29, 1.82) is 0 Å².